The molecule has 0 fully saturated rings. The van der Waals surface area contributed by atoms with Crippen molar-refractivity contribution in [3.8, 4) is 0 Å². The number of hydrogen-bond acceptors (Lipinski definition) is 7. The van der Waals surface area contributed by atoms with Gasteiger partial charge in [-0.05, 0) is 38.7 Å². The number of rotatable bonds is 6. The number of nitrogens with zero attached hydrogens (tertiary/aromatic N) is 1. The first kappa shape index (κ1) is 25.1. The molecule has 0 spiro atoms. The molecule has 1 aromatic carbocycles. The average Bonchev–Trinajstić information content (AvgIpc) is 3.24. The van der Waals surface area contributed by atoms with Gasteiger partial charge in [-0.1, -0.05) is 30.3 Å². The Morgan fingerprint density at radius 2 is 1.91 bits per heavy atom. The maximum Gasteiger partial charge on any atom is 0.246 e. The SMILES string of the molecule is CC(C)(O)CC[C@H]1CC(=O)N[C@@H](Cc2ccccc2)C2=N[C@H](CS2)C(=O)N[C@H](CO)CS1. The molecule has 3 rings (SSSR count). The normalized spacial score (nSPS) is 27.4. The molecule has 4 N–H and O–H groups in total. The second-order valence-corrected chi connectivity index (χ2v) is 11.4. The molecule has 0 unspecified atom stereocenters. The number of aliphatic imine (C=N–C) groups is 1. The highest BCUT2D eigenvalue weighted by Crippen LogP contribution is 2.27. The highest BCUT2D eigenvalue weighted by Gasteiger charge is 2.32. The number of aliphatic hydroxyl groups excluding tert-OH is 1. The molecular formula is C23H33N3O4S2. The van der Waals surface area contributed by atoms with Gasteiger partial charge in [-0.25, -0.2) is 0 Å². The summed E-state index contributed by atoms with van der Waals surface area (Å²) < 4.78 is 0. The number of benzene rings is 1. The van der Waals surface area contributed by atoms with E-state index in [9.17, 15) is 19.8 Å². The smallest absolute Gasteiger partial charge is 0.246 e. The third-order valence-electron chi connectivity index (χ3n) is 5.48. The molecule has 7 nitrogen and oxygen atoms in total. The number of carbonyl (C=O) groups excluding carboxylic acids is 2. The summed E-state index contributed by atoms with van der Waals surface area (Å²) in [6.45, 7) is 3.35. The van der Waals surface area contributed by atoms with Gasteiger partial charge in [-0.2, -0.15) is 11.8 Å². The van der Waals surface area contributed by atoms with Crippen molar-refractivity contribution in [2.45, 2.75) is 68.5 Å². The minimum Gasteiger partial charge on any atom is -0.394 e. The lowest BCUT2D eigenvalue weighted by atomic mass is 10.00. The van der Waals surface area contributed by atoms with E-state index in [1.165, 1.54) is 11.8 Å². The Hall–Kier alpha value is -1.55. The van der Waals surface area contributed by atoms with Crippen LogP contribution in [0.25, 0.3) is 0 Å². The van der Waals surface area contributed by atoms with Gasteiger partial charge in [0.05, 0.1) is 29.3 Å². The first-order chi connectivity index (χ1) is 15.2. The molecule has 2 heterocycles. The second kappa shape index (κ2) is 11.5. The first-order valence-corrected chi connectivity index (χ1v) is 13.1. The molecule has 2 bridgehead atoms. The Bertz CT molecular complexity index is 813. The van der Waals surface area contributed by atoms with Gasteiger partial charge < -0.3 is 20.8 Å². The van der Waals surface area contributed by atoms with Gasteiger partial charge in [-0.15, -0.1) is 11.8 Å². The van der Waals surface area contributed by atoms with Gasteiger partial charge in [-0.3, -0.25) is 14.6 Å². The first-order valence-electron chi connectivity index (χ1n) is 11.0. The maximum atomic E-state index is 13.0. The molecule has 32 heavy (non-hydrogen) atoms. The Balaban J connectivity index is 1.81. The van der Waals surface area contributed by atoms with Gasteiger partial charge >= 0.3 is 0 Å². The van der Waals surface area contributed by atoms with Crippen molar-refractivity contribution in [2.24, 2.45) is 4.99 Å². The molecule has 0 aliphatic carbocycles. The summed E-state index contributed by atoms with van der Waals surface area (Å²) >= 11 is 3.06. The van der Waals surface area contributed by atoms with Crippen molar-refractivity contribution >= 4 is 40.4 Å². The lowest BCUT2D eigenvalue weighted by molar-refractivity contribution is -0.122. The van der Waals surface area contributed by atoms with Gasteiger partial charge in [0.25, 0.3) is 0 Å². The van der Waals surface area contributed by atoms with E-state index >= 15 is 0 Å². The summed E-state index contributed by atoms with van der Waals surface area (Å²) in [6, 6.07) is 8.72. The molecule has 0 aromatic heterocycles. The zero-order valence-corrected chi connectivity index (χ0v) is 20.3. The van der Waals surface area contributed by atoms with Gasteiger partial charge in [0.15, 0.2) is 0 Å². The summed E-state index contributed by atoms with van der Waals surface area (Å²) in [7, 11) is 0. The van der Waals surface area contributed by atoms with Crippen LogP contribution in [-0.2, 0) is 16.0 Å². The van der Waals surface area contributed by atoms with Crippen LogP contribution >= 0.6 is 23.5 Å². The standard InChI is InChI=1S/C23H33N3O4S2/c1-23(2,30)9-8-17-11-20(28)25-18(10-15-6-4-3-5-7-15)22-26-19(14-32-22)21(29)24-16(12-27)13-31-17/h3-7,16-19,27,30H,8-14H2,1-2H3,(H,24,29)(H,25,28)/t16-,17+,18+,19-/m1/s1. The third-order valence-corrected chi connectivity index (χ3v) is 8.12. The predicted molar refractivity (Wildman–Crippen MR) is 131 cm³/mol. The molecule has 0 saturated heterocycles. The largest absolute Gasteiger partial charge is 0.394 e. The van der Waals surface area contributed by atoms with Crippen LogP contribution in [0.5, 0.6) is 0 Å². The van der Waals surface area contributed by atoms with Crippen LogP contribution in [0.1, 0.15) is 38.7 Å². The number of thioether (sulfide) groups is 2. The van der Waals surface area contributed by atoms with Gasteiger partial charge in [0.1, 0.15) is 6.04 Å². The van der Waals surface area contributed by atoms with E-state index in [0.29, 0.717) is 37.2 Å². The average molecular weight is 480 g/mol. The Kier molecular flexibility index (Phi) is 9.04. The van der Waals surface area contributed by atoms with Crippen LogP contribution in [0.2, 0.25) is 0 Å². The molecule has 0 saturated carbocycles. The lowest BCUT2D eigenvalue weighted by Crippen LogP contribution is -2.44. The van der Waals surface area contributed by atoms with Gasteiger partial charge in [0.2, 0.25) is 11.8 Å². The number of nitrogens with one attached hydrogen (secondary N) is 2. The predicted octanol–water partition coefficient (Wildman–Crippen LogP) is 1.76. The summed E-state index contributed by atoms with van der Waals surface area (Å²) in [6.07, 6.45) is 2.13. The molecule has 2 aliphatic rings. The van der Waals surface area contributed by atoms with Crippen molar-refractivity contribution in [3.05, 3.63) is 35.9 Å². The number of carbonyl (C=O) groups is 2. The van der Waals surface area contributed by atoms with Crippen LogP contribution in [0, 0.1) is 0 Å². The Labute approximate surface area is 198 Å². The monoisotopic (exact) mass is 479 g/mol. The summed E-state index contributed by atoms with van der Waals surface area (Å²) in [4.78, 5) is 30.4. The van der Waals surface area contributed by atoms with E-state index in [-0.39, 0.29) is 29.7 Å². The van der Waals surface area contributed by atoms with Crippen molar-refractivity contribution in [3.63, 3.8) is 0 Å². The van der Waals surface area contributed by atoms with E-state index in [0.717, 1.165) is 10.6 Å². The molecule has 1 aromatic rings. The van der Waals surface area contributed by atoms with Crippen LogP contribution in [-0.4, -0.2) is 74.2 Å². The molecule has 0 radical (unpaired) electrons. The van der Waals surface area contributed by atoms with E-state index in [1.54, 1.807) is 25.6 Å². The zero-order chi connectivity index (χ0) is 23.1. The maximum absolute atomic E-state index is 13.0. The number of aliphatic hydroxyl groups is 2. The van der Waals surface area contributed by atoms with Crippen LogP contribution in [0.15, 0.2) is 35.3 Å². The van der Waals surface area contributed by atoms with Crippen LogP contribution < -0.4 is 10.6 Å². The molecule has 9 heteroatoms. The van der Waals surface area contributed by atoms with Gasteiger partial charge in [0, 0.05) is 23.2 Å². The van der Waals surface area contributed by atoms with Crippen molar-refractivity contribution in [1.82, 2.24) is 10.6 Å². The van der Waals surface area contributed by atoms with E-state index in [2.05, 4.69) is 15.6 Å². The lowest BCUT2D eigenvalue weighted by Gasteiger charge is -2.25. The fourth-order valence-corrected chi connectivity index (χ4v) is 6.02. The zero-order valence-electron chi connectivity index (χ0n) is 18.6. The van der Waals surface area contributed by atoms with E-state index in [1.807, 2.05) is 30.3 Å². The molecule has 2 amide bonds. The van der Waals surface area contributed by atoms with E-state index in [4.69, 9.17) is 0 Å². The Morgan fingerprint density at radius 3 is 2.59 bits per heavy atom. The Morgan fingerprint density at radius 1 is 1.16 bits per heavy atom. The topological polar surface area (TPSA) is 111 Å². The second-order valence-electron chi connectivity index (χ2n) is 9.00. The highest BCUT2D eigenvalue weighted by molar-refractivity contribution is 8.14. The molecular weight excluding hydrogens is 446 g/mol. The van der Waals surface area contributed by atoms with E-state index < -0.39 is 17.7 Å². The molecule has 4 atom stereocenters. The molecule has 176 valence electrons. The number of amides is 2. The highest BCUT2D eigenvalue weighted by atomic mass is 32.2. The quantitative estimate of drug-likeness (QED) is 0.495. The van der Waals surface area contributed by atoms with Crippen LogP contribution in [0.3, 0.4) is 0 Å². The minimum absolute atomic E-state index is 0.0303. The van der Waals surface area contributed by atoms with Crippen molar-refractivity contribution in [2.75, 3.05) is 18.1 Å². The van der Waals surface area contributed by atoms with Crippen molar-refractivity contribution < 1.29 is 19.8 Å². The van der Waals surface area contributed by atoms with Crippen molar-refractivity contribution in [1.29, 1.82) is 0 Å². The summed E-state index contributed by atoms with van der Waals surface area (Å²) in [5.41, 5.74) is 0.273. The molecule has 2 aliphatic heterocycles. The summed E-state index contributed by atoms with van der Waals surface area (Å²) in [5.74, 6) is 0.770. The number of fused-ring (bicyclic) bond motifs is 1. The fourth-order valence-electron chi connectivity index (χ4n) is 3.68. The van der Waals surface area contributed by atoms with Crippen LogP contribution in [0.4, 0.5) is 0 Å². The number of hydrogen-bond donors (Lipinski definition) is 4. The fraction of sp³-hybridized carbons (Fsp3) is 0.609. The summed E-state index contributed by atoms with van der Waals surface area (Å²) in [5, 5.41) is 26.7. The third kappa shape index (κ3) is 7.79. The minimum atomic E-state index is -0.816.